The average Bonchev–Trinajstić information content (AvgIpc) is 2.40. The van der Waals surface area contributed by atoms with Gasteiger partial charge >= 0.3 is 0 Å². The summed E-state index contributed by atoms with van der Waals surface area (Å²) < 4.78 is 0. The Morgan fingerprint density at radius 3 is 2.53 bits per heavy atom. The highest BCUT2D eigenvalue weighted by Gasteiger charge is 2.06. The Balaban J connectivity index is 2.13. The number of hydrogen-bond donors (Lipinski definition) is 0. The third-order valence-corrected chi connectivity index (χ3v) is 3.32. The maximum absolute atomic E-state index is 12.0. The Morgan fingerprint density at radius 1 is 1.06 bits per heavy atom. The minimum absolute atomic E-state index is 0.170. The first-order chi connectivity index (χ1) is 8.29. The van der Waals surface area contributed by atoms with Crippen LogP contribution in [0, 0.1) is 0 Å². The van der Waals surface area contributed by atoms with E-state index in [0.717, 1.165) is 11.1 Å². The number of benzene rings is 2. The summed E-state index contributed by atoms with van der Waals surface area (Å²) in [4.78, 5) is 13.2. The fourth-order valence-electron chi connectivity index (χ4n) is 1.69. The molecule has 0 bridgehead atoms. The van der Waals surface area contributed by atoms with Gasteiger partial charge in [-0.15, -0.1) is 11.8 Å². The Labute approximate surface area is 106 Å². The molecule has 0 heterocycles. The van der Waals surface area contributed by atoms with Gasteiger partial charge in [-0.3, -0.25) is 4.79 Å². The van der Waals surface area contributed by atoms with Crippen LogP contribution in [0.3, 0.4) is 0 Å². The van der Waals surface area contributed by atoms with E-state index in [9.17, 15) is 4.79 Å². The van der Waals surface area contributed by atoms with Crippen LogP contribution in [0.5, 0.6) is 0 Å². The lowest BCUT2D eigenvalue weighted by Gasteiger charge is -2.03. The SMILES string of the molecule is CSc1cccc(CC(=O)c2ccccc2)c1. The molecule has 0 aliphatic heterocycles. The molecule has 0 N–H and O–H groups in total. The summed E-state index contributed by atoms with van der Waals surface area (Å²) in [6.45, 7) is 0. The molecule has 2 aromatic carbocycles. The molecule has 2 heteroatoms. The Bertz CT molecular complexity index is 505. The van der Waals surface area contributed by atoms with Crippen molar-refractivity contribution in [1.29, 1.82) is 0 Å². The second-order valence-electron chi connectivity index (χ2n) is 3.82. The maximum Gasteiger partial charge on any atom is 0.167 e. The number of thioether (sulfide) groups is 1. The van der Waals surface area contributed by atoms with Crippen molar-refractivity contribution in [1.82, 2.24) is 0 Å². The summed E-state index contributed by atoms with van der Waals surface area (Å²) in [5, 5.41) is 0. The predicted molar refractivity (Wildman–Crippen MR) is 72.7 cm³/mol. The second-order valence-corrected chi connectivity index (χ2v) is 4.70. The number of ketones is 1. The van der Waals surface area contributed by atoms with Gasteiger partial charge in [-0.2, -0.15) is 0 Å². The van der Waals surface area contributed by atoms with Crippen LogP contribution in [0.4, 0.5) is 0 Å². The zero-order valence-corrected chi connectivity index (χ0v) is 10.5. The van der Waals surface area contributed by atoms with Gasteiger partial charge in [0.1, 0.15) is 0 Å². The van der Waals surface area contributed by atoms with Crippen LogP contribution in [-0.4, -0.2) is 12.0 Å². The van der Waals surface area contributed by atoms with Crippen molar-refractivity contribution in [2.24, 2.45) is 0 Å². The lowest BCUT2D eigenvalue weighted by atomic mass is 10.0. The molecule has 0 amide bonds. The number of hydrogen-bond acceptors (Lipinski definition) is 2. The molecule has 0 atom stereocenters. The minimum atomic E-state index is 0.170. The van der Waals surface area contributed by atoms with E-state index in [0.29, 0.717) is 6.42 Å². The van der Waals surface area contributed by atoms with Crippen molar-refractivity contribution in [3.63, 3.8) is 0 Å². The van der Waals surface area contributed by atoms with Gasteiger partial charge in [-0.1, -0.05) is 42.5 Å². The molecule has 0 aromatic heterocycles. The van der Waals surface area contributed by atoms with Crippen molar-refractivity contribution in [2.75, 3.05) is 6.26 Å². The minimum Gasteiger partial charge on any atom is -0.294 e. The highest BCUT2D eigenvalue weighted by atomic mass is 32.2. The van der Waals surface area contributed by atoms with Gasteiger partial charge in [-0.25, -0.2) is 0 Å². The molecule has 0 aliphatic carbocycles. The number of carbonyl (C=O) groups is 1. The van der Waals surface area contributed by atoms with E-state index in [1.165, 1.54) is 4.90 Å². The molecule has 0 spiro atoms. The van der Waals surface area contributed by atoms with E-state index < -0.39 is 0 Å². The van der Waals surface area contributed by atoms with Gasteiger partial charge in [-0.05, 0) is 24.0 Å². The van der Waals surface area contributed by atoms with Crippen LogP contribution in [0.1, 0.15) is 15.9 Å². The third-order valence-electron chi connectivity index (χ3n) is 2.59. The quantitative estimate of drug-likeness (QED) is 0.598. The van der Waals surface area contributed by atoms with Gasteiger partial charge in [0.25, 0.3) is 0 Å². The van der Waals surface area contributed by atoms with Gasteiger partial charge in [0.2, 0.25) is 0 Å². The molecule has 2 rings (SSSR count). The summed E-state index contributed by atoms with van der Waals surface area (Å²) in [6, 6.07) is 17.6. The summed E-state index contributed by atoms with van der Waals surface area (Å²) in [6.07, 6.45) is 2.51. The van der Waals surface area contributed by atoms with Crippen molar-refractivity contribution >= 4 is 17.5 Å². The van der Waals surface area contributed by atoms with Crippen LogP contribution in [0.25, 0.3) is 0 Å². The number of Topliss-reactive ketones (excluding diaryl/α,β-unsaturated/α-hetero) is 1. The molecule has 17 heavy (non-hydrogen) atoms. The summed E-state index contributed by atoms with van der Waals surface area (Å²) >= 11 is 1.69. The summed E-state index contributed by atoms with van der Waals surface area (Å²) in [7, 11) is 0. The largest absolute Gasteiger partial charge is 0.294 e. The molecule has 2 aromatic rings. The van der Waals surface area contributed by atoms with E-state index in [-0.39, 0.29) is 5.78 Å². The maximum atomic E-state index is 12.0. The second kappa shape index (κ2) is 5.69. The van der Waals surface area contributed by atoms with Gasteiger partial charge in [0.15, 0.2) is 5.78 Å². The standard InChI is InChI=1S/C15H14OS/c1-17-14-9-5-6-12(10-14)11-15(16)13-7-3-2-4-8-13/h2-10H,11H2,1H3. The van der Waals surface area contributed by atoms with E-state index in [1.807, 2.05) is 48.7 Å². The molecular formula is C15H14OS. The Hall–Kier alpha value is -1.54. The molecule has 0 radical (unpaired) electrons. The highest BCUT2D eigenvalue weighted by molar-refractivity contribution is 7.98. The highest BCUT2D eigenvalue weighted by Crippen LogP contribution is 2.17. The van der Waals surface area contributed by atoms with E-state index in [2.05, 4.69) is 12.1 Å². The van der Waals surface area contributed by atoms with E-state index in [4.69, 9.17) is 0 Å². The molecule has 0 aliphatic rings. The average molecular weight is 242 g/mol. The molecular weight excluding hydrogens is 228 g/mol. The van der Waals surface area contributed by atoms with Gasteiger partial charge in [0, 0.05) is 16.9 Å². The van der Waals surface area contributed by atoms with Crippen LogP contribution in [-0.2, 0) is 6.42 Å². The molecule has 0 unspecified atom stereocenters. The molecule has 86 valence electrons. The van der Waals surface area contributed by atoms with Crippen molar-refractivity contribution in [2.45, 2.75) is 11.3 Å². The van der Waals surface area contributed by atoms with Crippen LogP contribution in [0.2, 0.25) is 0 Å². The normalized spacial score (nSPS) is 10.2. The Kier molecular flexibility index (Phi) is 3.99. The van der Waals surface area contributed by atoms with E-state index >= 15 is 0 Å². The third kappa shape index (κ3) is 3.21. The van der Waals surface area contributed by atoms with Crippen molar-refractivity contribution < 1.29 is 4.79 Å². The zero-order valence-electron chi connectivity index (χ0n) is 9.72. The molecule has 0 saturated heterocycles. The summed E-state index contributed by atoms with van der Waals surface area (Å²) in [5.41, 5.74) is 1.85. The lowest BCUT2D eigenvalue weighted by Crippen LogP contribution is -2.03. The monoisotopic (exact) mass is 242 g/mol. The fourth-order valence-corrected chi connectivity index (χ4v) is 2.18. The molecule has 1 nitrogen and oxygen atoms in total. The van der Waals surface area contributed by atoms with Crippen LogP contribution >= 0.6 is 11.8 Å². The first-order valence-corrected chi connectivity index (χ1v) is 6.73. The topological polar surface area (TPSA) is 17.1 Å². The lowest BCUT2D eigenvalue weighted by molar-refractivity contribution is 0.0993. The predicted octanol–water partition coefficient (Wildman–Crippen LogP) is 3.83. The van der Waals surface area contributed by atoms with E-state index in [1.54, 1.807) is 11.8 Å². The van der Waals surface area contributed by atoms with Gasteiger partial charge < -0.3 is 0 Å². The fraction of sp³-hybridized carbons (Fsp3) is 0.133. The Morgan fingerprint density at radius 2 is 1.82 bits per heavy atom. The van der Waals surface area contributed by atoms with Crippen molar-refractivity contribution in [3.05, 3.63) is 65.7 Å². The number of carbonyl (C=O) groups excluding carboxylic acids is 1. The summed E-state index contributed by atoms with van der Waals surface area (Å²) in [5.74, 6) is 0.170. The van der Waals surface area contributed by atoms with Crippen LogP contribution in [0.15, 0.2) is 59.5 Å². The molecule has 0 saturated carbocycles. The molecule has 0 fully saturated rings. The first kappa shape index (κ1) is 11.9. The van der Waals surface area contributed by atoms with Gasteiger partial charge in [0.05, 0.1) is 0 Å². The number of rotatable bonds is 4. The van der Waals surface area contributed by atoms with Crippen molar-refractivity contribution in [3.8, 4) is 0 Å². The van der Waals surface area contributed by atoms with Crippen LogP contribution < -0.4 is 0 Å². The first-order valence-electron chi connectivity index (χ1n) is 5.51. The zero-order chi connectivity index (χ0) is 12.1. The smallest absolute Gasteiger partial charge is 0.167 e.